The van der Waals surface area contributed by atoms with Gasteiger partial charge in [0.2, 0.25) is 0 Å². The molecule has 0 rings (SSSR count). The zero-order valence-electron chi connectivity index (χ0n) is 13.4. The van der Waals surface area contributed by atoms with Crippen molar-refractivity contribution in [2.75, 3.05) is 26.4 Å². The van der Waals surface area contributed by atoms with Gasteiger partial charge in [-0.3, -0.25) is 4.79 Å². The highest BCUT2D eigenvalue weighted by molar-refractivity contribution is 5.69. The van der Waals surface area contributed by atoms with Gasteiger partial charge in [0.1, 0.15) is 0 Å². The van der Waals surface area contributed by atoms with Gasteiger partial charge in [0, 0.05) is 32.7 Å². The molecular formula is C15H30O5. The van der Waals surface area contributed by atoms with Gasteiger partial charge in [0.25, 0.3) is 5.97 Å². The van der Waals surface area contributed by atoms with Crippen LogP contribution in [0.3, 0.4) is 0 Å². The van der Waals surface area contributed by atoms with Gasteiger partial charge in [-0.2, -0.15) is 0 Å². The topological polar surface area (TPSA) is 54.0 Å². The van der Waals surface area contributed by atoms with E-state index in [9.17, 15) is 4.79 Å². The molecule has 0 aliphatic heterocycles. The number of hydrogen-bond acceptors (Lipinski definition) is 5. The molecule has 0 aliphatic carbocycles. The minimum absolute atomic E-state index is 0.127. The summed E-state index contributed by atoms with van der Waals surface area (Å²) in [5.41, 5.74) is 0. The molecule has 5 heteroatoms. The molecule has 0 amide bonds. The predicted molar refractivity (Wildman–Crippen MR) is 77.3 cm³/mol. The van der Waals surface area contributed by atoms with Gasteiger partial charge < -0.3 is 18.9 Å². The first-order valence-corrected chi connectivity index (χ1v) is 7.71. The van der Waals surface area contributed by atoms with Gasteiger partial charge in [0.15, 0.2) is 0 Å². The first-order valence-electron chi connectivity index (χ1n) is 7.71. The van der Waals surface area contributed by atoms with E-state index in [1.54, 1.807) is 0 Å². The molecule has 5 nitrogen and oxygen atoms in total. The minimum Gasteiger partial charge on any atom is -0.466 e. The van der Waals surface area contributed by atoms with E-state index in [0.29, 0.717) is 39.3 Å². The second-order valence-electron chi connectivity index (χ2n) is 4.35. The van der Waals surface area contributed by atoms with Gasteiger partial charge >= 0.3 is 5.97 Å². The zero-order chi connectivity index (χ0) is 15.3. The van der Waals surface area contributed by atoms with E-state index < -0.39 is 5.97 Å². The number of carbonyl (C=O) groups is 1. The molecule has 20 heavy (non-hydrogen) atoms. The summed E-state index contributed by atoms with van der Waals surface area (Å²) in [7, 11) is 0. The van der Waals surface area contributed by atoms with Crippen molar-refractivity contribution in [3.8, 4) is 0 Å². The smallest absolute Gasteiger partial charge is 0.305 e. The van der Waals surface area contributed by atoms with Crippen LogP contribution in [-0.2, 0) is 23.7 Å². The summed E-state index contributed by atoms with van der Waals surface area (Å²) in [4.78, 5) is 11.2. The number of ether oxygens (including phenoxy) is 4. The van der Waals surface area contributed by atoms with Gasteiger partial charge in [-0.1, -0.05) is 6.42 Å². The normalized spacial score (nSPS) is 11.6. The molecule has 0 fully saturated rings. The standard InChI is InChI=1S/C15H30O5/c1-5-17-14(16)12-10-9-11-13-15(18-6-2,19-7-3)20-8-4/h5-13H2,1-4H3. The van der Waals surface area contributed by atoms with Gasteiger partial charge in [-0.25, -0.2) is 0 Å². The molecule has 0 atom stereocenters. The van der Waals surface area contributed by atoms with Crippen molar-refractivity contribution < 1.29 is 23.7 Å². The Kier molecular flexibility index (Phi) is 11.7. The molecule has 0 aromatic carbocycles. The van der Waals surface area contributed by atoms with Crippen LogP contribution >= 0.6 is 0 Å². The summed E-state index contributed by atoms with van der Waals surface area (Å²) in [5.74, 6) is -1.06. The molecule has 0 aromatic heterocycles. The average Bonchev–Trinajstić information content (AvgIpc) is 2.39. The Bertz CT molecular complexity index is 225. The molecule has 0 aromatic rings. The van der Waals surface area contributed by atoms with Crippen molar-refractivity contribution in [1.82, 2.24) is 0 Å². The van der Waals surface area contributed by atoms with Gasteiger partial charge in [-0.15, -0.1) is 0 Å². The Hall–Kier alpha value is -0.650. The van der Waals surface area contributed by atoms with Gasteiger partial charge in [0.05, 0.1) is 6.61 Å². The van der Waals surface area contributed by atoms with Crippen molar-refractivity contribution in [3.05, 3.63) is 0 Å². The number of carbonyl (C=O) groups excluding carboxylic acids is 1. The first-order chi connectivity index (χ1) is 9.64. The molecule has 0 saturated heterocycles. The Balaban J connectivity index is 4.02. The van der Waals surface area contributed by atoms with Gasteiger partial charge in [-0.05, 0) is 40.5 Å². The highest BCUT2D eigenvalue weighted by Gasteiger charge is 2.31. The molecule has 0 unspecified atom stereocenters. The fraction of sp³-hybridized carbons (Fsp3) is 0.933. The Morgan fingerprint density at radius 1 is 0.800 bits per heavy atom. The molecule has 0 N–H and O–H groups in total. The van der Waals surface area contributed by atoms with E-state index in [1.807, 2.05) is 27.7 Å². The molecule has 120 valence electrons. The summed E-state index contributed by atoms with van der Waals surface area (Å²) < 4.78 is 21.8. The zero-order valence-corrected chi connectivity index (χ0v) is 13.4. The molecule has 0 aliphatic rings. The van der Waals surface area contributed by atoms with E-state index in [2.05, 4.69) is 0 Å². The maximum Gasteiger partial charge on any atom is 0.305 e. The second-order valence-corrected chi connectivity index (χ2v) is 4.35. The van der Waals surface area contributed by atoms with Crippen molar-refractivity contribution in [3.63, 3.8) is 0 Å². The number of rotatable bonds is 13. The van der Waals surface area contributed by atoms with Crippen molar-refractivity contribution >= 4 is 5.97 Å². The SMILES string of the molecule is CCOC(=O)CCCCCC(OCC)(OCC)OCC. The minimum atomic E-state index is -0.928. The first kappa shape index (κ1) is 19.4. The quantitative estimate of drug-likeness (QED) is 0.296. The van der Waals surface area contributed by atoms with E-state index in [-0.39, 0.29) is 5.97 Å². The molecule has 0 saturated carbocycles. The van der Waals surface area contributed by atoms with Crippen LogP contribution < -0.4 is 0 Å². The Morgan fingerprint density at radius 3 is 1.80 bits per heavy atom. The van der Waals surface area contributed by atoms with Crippen molar-refractivity contribution in [2.24, 2.45) is 0 Å². The third-order valence-electron chi connectivity index (χ3n) is 2.76. The third kappa shape index (κ3) is 8.51. The summed E-state index contributed by atoms with van der Waals surface area (Å²) in [5, 5.41) is 0. The fourth-order valence-corrected chi connectivity index (χ4v) is 2.02. The largest absolute Gasteiger partial charge is 0.466 e. The molecule has 0 spiro atoms. The highest BCUT2D eigenvalue weighted by atomic mass is 16.9. The monoisotopic (exact) mass is 290 g/mol. The maximum absolute atomic E-state index is 11.2. The lowest BCUT2D eigenvalue weighted by atomic mass is 10.1. The maximum atomic E-state index is 11.2. The van der Waals surface area contributed by atoms with Crippen LogP contribution in [0.2, 0.25) is 0 Å². The van der Waals surface area contributed by atoms with E-state index >= 15 is 0 Å². The van der Waals surface area contributed by atoms with E-state index in [1.165, 1.54) is 0 Å². The van der Waals surface area contributed by atoms with Crippen LogP contribution in [0.1, 0.15) is 59.8 Å². The predicted octanol–water partition coefficient (Wildman–Crippen LogP) is 3.26. The molecular weight excluding hydrogens is 260 g/mol. The highest BCUT2D eigenvalue weighted by Crippen LogP contribution is 2.23. The lowest BCUT2D eigenvalue weighted by Crippen LogP contribution is -2.39. The summed E-state index contributed by atoms with van der Waals surface area (Å²) in [6.07, 6.45) is 3.77. The summed E-state index contributed by atoms with van der Waals surface area (Å²) in [6, 6.07) is 0. The lowest BCUT2D eigenvalue weighted by Gasteiger charge is -2.32. The average molecular weight is 290 g/mol. The van der Waals surface area contributed by atoms with Crippen LogP contribution in [-0.4, -0.2) is 38.4 Å². The molecule has 0 radical (unpaired) electrons. The van der Waals surface area contributed by atoms with E-state index in [0.717, 1.165) is 19.3 Å². The summed E-state index contributed by atoms with van der Waals surface area (Å²) >= 11 is 0. The van der Waals surface area contributed by atoms with Crippen LogP contribution in [0, 0.1) is 0 Å². The Morgan fingerprint density at radius 2 is 1.35 bits per heavy atom. The van der Waals surface area contributed by atoms with Crippen LogP contribution in [0.15, 0.2) is 0 Å². The van der Waals surface area contributed by atoms with Crippen LogP contribution in [0.25, 0.3) is 0 Å². The molecule has 0 bridgehead atoms. The number of esters is 1. The van der Waals surface area contributed by atoms with Crippen LogP contribution in [0.5, 0.6) is 0 Å². The lowest BCUT2D eigenvalue weighted by molar-refractivity contribution is -0.380. The Labute approximate surface area is 122 Å². The second kappa shape index (κ2) is 12.1. The van der Waals surface area contributed by atoms with Crippen molar-refractivity contribution in [1.29, 1.82) is 0 Å². The van der Waals surface area contributed by atoms with E-state index in [4.69, 9.17) is 18.9 Å². The fourth-order valence-electron chi connectivity index (χ4n) is 2.02. The van der Waals surface area contributed by atoms with Crippen molar-refractivity contribution in [2.45, 2.75) is 65.8 Å². The van der Waals surface area contributed by atoms with Crippen LogP contribution in [0.4, 0.5) is 0 Å². The summed E-state index contributed by atoms with van der Waals surface area (Å²) in [6.45, 7) is 9.67. The molecule has 0 heterocycles. The number of unbranched alkanes of at least 4 members (excludes halogenated alkanes) is 2. The third-order valence-corrected chi connectivity index (χ3v) is 2.76. The number of hydrogen-bond donors (Lipinski definition) is 0.